The topological polar surface area (TPSA) is 34.6 Å². The second kappa shape index (κ2) is 11.9. The van der Waals surface area contributed by atoms with E-state index in [0.717, 1.165) is 47.5 Å². The van der Waals surface area contributed by atoms with Crippen LogP contribution in [0.5, 0.6) is 16.7 Å². The number of rotatable bonds is 8. The molecule has 0 radical (unpaired) electrons. The molecule has 0 bridgehead atoms. The van der Waals surface area contributed by atoms with Crippen molar-refractivity contribution in [2.45, 2.75) is 58.9 Å². The van der Waals surface area contributed by atoms with Gasteiger partial charge < -0.3 is 9.47 Å². The number of likely N-dealkylation sites (N-methyl/N-ethyl adjacent to an activating group) is 1. The molecule has 1 fully saturated rings. The summed E-state index contributed by atoms with van der Waals surface area (Å²) in [5.74, 6) is 1.67. The first kappa shape index (κ1) is 22.6. The Balaban J connectivity index is 0.00000124. The van der Waals surface area contributed by atoms with Gasteiger partial charge in [-0.2, -0.15) is 0 Å². The van der Waals surface area contributed by atoms with E-state index < -0.39 is 0 Å². The predicted octanol–water partition coefficient (Wildman–Crippen LogP) is 7.15. The molecule has 0 atom stereocenters. The lowest BCUT2D eigenvalue weighted by molar-refractivity contribution is 0.137. The van der Waals surface area contributed by atoms with Crippen LogP contribution in [0, 0.1) is 0 Å². The van der Waals surface area contributed by atoms with Crippen LogP contribution in [-0.4, -0.2) is 35.6 Å². The van der Waals surface area contributed by atoms with Crippen LogP contribution in [0.15, 0.2) is 48.5 Å². The molecule has 3 aromatic rings. The summed E-state index contributed by atoms with van der Waals surface area (Å²) in [6, 6.07) is 16.6. The first-order valence-corrected chi connectivity index (χ1v) is 12.1. The number of fused-ring (bicyclic) bond motifs is 1. The second-order valence-electron chi connectivity index (χ2n) is 7.29. The van der Waals surface area contributed by atoms with Crippen LogP contribution in [0.3, 0.4) is 0 Å². The summed E-state index contributed by atoms with van der Waals surface area (Å²) in [5.41, 5.74) is 0.973. The molecule has 0 saturated heterocycles. The Kier molecular flexibility index (Phi) is 8.97. The van der Waals surface area contributed by atoms with Gasteiger partial charge in [-0.25, -0.2) is 4.98 Å². The van der Waals surface area contributed by atoms with Crippen molar-refractivity contribution < 1.29 is 9.47 Å². The predicted molar refractivity (Wildman–Crippen MR) is 127 cm³/mol. The number of hydrogen-bond acceptors (Lipinski definition) is 5. The number of thiazole rings is 1. The molecule has 0 amide bonds. The number of nitrogens with zero attached hydrogens (tertiary/aromatic N) is 2. The van der Waals surface area contributed by atoms with Crippen molar-refractivity contribution in [3.63, 3.8) is 0 Å². The summed E-state index contributed by atoms with van der Waals surface area (Å²) in [5, 5.41) is 0.668. The van der Waals surface area contributed by atoms with Gasteiger partial charge in [0.2, 0.25) is 0 Å². The zero-order valence-corrected chi connectivity index (χ0v) is 19.3. The maximum absolute atomic E-state index is 5.97. The maximum Gasteiger partial charge on any atom is 0.279 e. The summed E-state index contributed by atoms with van der Waals surface area (Å²) in [6.07, 6.45) is 6.82. The number of para-hydroxylation sites is 1. The minimum atomic E-state index is 0.668. The van der Waals surface area contributed by atoms with Crippen molar-refractivity contribution in [2.75, 3.05) is 19.7 Å². The first-order chi connectivity index (χ1) is 14.8. The number of benzene rings is 2. The van der Waals surface area contributed by atoms with Gasteiger partial charge in [0.1, 0.15) is 18.1 Å². The number of aromatic nitrogens is 1. The summed E-state index contributed by atoms with van der Waals surface area (Å²) >= 11 is 1.56. The van der Waals surface area contributed by atoms with Crippen LogP contribution in [0.2, 0.25) is 0 Å². The molecule has 1 saturated carbocycles. The average Bonchev–Trinajstić information content (AvgIpc) is 3.22. The Hall–Kier alpha value is -2.11. The van der Waals surface area contributed by atoms with Gasteiger partial charge in [0.05, 0.1) is 10.2 Å². The highest BCUT2D eigenvalue weighted by Gasteiger charge is 2.19. The van der Waals surface area contributed by atoms with E-state index in [2.05, 4.69) is 22.9 Å². The molecule has 0 N–H and O–H groups in total. The molecule has 1 heterocycles. The van der Waals surface area contributed by atoms with Gasteiger partial charge in [-0.1, -0.05) is 63.5 Å². The average molecular weight is 427 g/mol. The van der Waals surface area contributed by atoms with Crippen molar-refractivity contribution in [3.05, 3.63) is 48.5 Å². The Bertz CT molecular complexity index is 839. The molecule has 5 heteroatoms. The molecule has 30 heavy (non-hydrogen) atoms. The van der Waals surface area contributed by atoms with Crippen molar-refractivity contribution in [1.82, 2.24) is 9.88 Å². The summed E-state index contributed by atoms with van der Waals surface area (Å²) < 4.78 is 13.0. The van der Waals surface area contributed by atoms with Crippen molar-refractivity contribution in [1.29, 1.82) is 0 Å². The van der Waals surface area contributed by atoms with Crippen molar-refractivity contribution >= 4 is 21.6 Å². The highest BCUT2D eigenvalue weighted by atomic mass is 32.1. The van der Waals surface area contributed by atoms with Gasteiger partial charge >= 0.3 is 0 Å². The van der Waals surface area contributed by atoms with Gasteiger partial charge in [-0.15, -0.1) is 0 Å². The molecule has 4 nitrogen and oxygen atoms in total. The van der Waals surface area contributed by atoms with Crippen LogP contribution in [-0.2, 0) is 0 Å². The number of hydrogen-bond donors (Lipinski definition) is 0. The normalized spacial score (nSPS) is 14.4. The standard InChI is InChI=1S/C23H28N2O2S.C2H6/c1-2-25(18-8-4-3-5-9-18)16-17-26-19-12-14-20(15-13-19)27-23-24-21-10-6-7-11-22(21)28-23;1-2/h6-7,10-15,18H,2-5,8-9,16-17H2,1H3;1-2H3. The lowest BCUT2D eigenvalue weighted by Gasteiger charge is -2.33. The van der Waals surface area contributed by atoms with Crippen molar-refractivity contribution in [3.8, 4) is 16.7 Å². The van der Waals surface area contributed by atoms with Gasteiger partial charge in [0, 0.05) is 12.6 Å². The molecule has 2 aromatic carbocycles. The molecule has 1 aliphatic carbocycles. The second-order valence-corrected chi connectivity index (χ2v) is 8.28. The lowest BCUT2D eigenvalue weighted by Crippen LogP contribution is -2.39. The molecule has 1 aliphatic rings. The SMILES string of the molecule is CC.CCN(CCOc1ccc(Oc2nc3ccccc3s2)cc1)C1CCCCC1. The van der Waals surface area contributed by atoms with E-state index in [9.17, 15) is 0 Å². The van der Waals surface area contributed by atoms with Crippen LogP contribution in [0.1, 0.15) is 52.9 Å². The third-order valence-corrected chi connectivity index (χ3v) is 6.36. The smallest absolute Gasteiger partial charge is 0.279 e. The van der Waals surface area contributed by atoms with E-state index in [-0.39, 0.29) is 0 Å². The molecule has 0 unspecified atom stereocenters. The first-order valence-electron chi connectivity index (χ1n) is 11.3. The van der Waals surface area contributed by atoms with Gasteiger partial charge in [0.15, 0.2) is 0 Å². The fourth-order valence-corrected chi connectivity index (χ4v) is 4.76. The number of ether oxygens (including phenoxy) is 2. The summed E-state index contributed by atoms with van der Waals surface area (Å²) in [6.45, 7) is 9.07. The van der Waals surface area contributed by atoms with Crippen LogP contribution in [0.25, 0.3) is 10.2 Å². The summed E-state index contributed by atoms with van der Waals surface area (Å²) in [7, 11) is 0. The molecule has 0 aliphatic heterocycles. The van der Waals surface area contributed by atoms with Crippen molar-refractivity contribution in [2.24, 2.45) is 0 Å². The third-order valence-electron chi connectivity index (χ3n) is 5.45. The van der Waals surface area contributed by atoms with E-state index in [4.69, 9.17) is 9.47 Å². The van der Waals surface area contributed by atoms with E-state index in [1.165, 1.54) is 32.1 Å². The van der Waals surface area contributed by atoms with Gasteiger partial charge in [-0.3, -0.25) is 4.90 Å². The zero-order valence-electron chi connectivity index (χ0n) is 18.5. The minimum Gasteiger partial charge on any atom is -0.492 e. The van der Waals surface area contributed by atoms with Crippen LogP contribution < -0.4 is 9.47 Å². The molecule has 0 spiro atoms. The Morgan fingerprint density at radius 2 is 1.67 bits per heavy atom. The van der Waals surface area contributed by atoms with E-state index in [1.807, 2.05) is 56.3 Å². The Morgan fingerprint density at radius 1 is 0.967 bits per heavy atom. The van der Waals surface area contributed by atoms with Crippen LogP contribution in [0.4, 0.5) is 0 Å². The lowest BCUT2D eigenvalue weighted by atomic mass is 9.94. The molecular formula is C25H34N2O2S. The monoisotopic (exact) mass is 426 g/mol. The van der Waals surface area contributed by atoms with E-state index in [1.54, 1.807) is 11.3 Å². The highest BCUT2D eigenvalue weighted by Crippen LogP contribution is 2.31. The third kappa shape index (κ3) is 6.19. The molecule has 162 valence electrons. The minimum absolute atomic E-state index is 0.668. The largest absolute Gasteiger partial charge is 0.492 e. The molecule has 4 rings (SSSR count). The fraction of sp³-hybridized carbons (Fsp3) is 0.480. The van der Waals surface area contributed by atoms with E-state index in [0.29, 0.717) is 5.19 Å². The van der Waals surface area contributed by atoms with Gasteiger partial charge in [-0.05, 0) is 55.8 Å². The van der Waals surface area contributed by atoms with Crippen LogP contribution >= 0.6 is 11.3 Å². The zero-order chi connectivity index (χ0) is 21.2. The molecule has 1 aromatic heterocycles. The quantitative estimate of drug-likeness (QED) is 0.383. The van der Waals surface area contributed by atoms with Gasteiger partial charge in [0.25, 0.3) is 5.19 Å². The highest BCUT2D eigenvalue weighted by molar-refractivity contribution is 7.20. The fourth-order valence-electron chi connectivity index (χ4n) is 3.93. The Labute approximate surface area is 184 Å². The summed E-state index contributed by atoms with van der Waals surface area (Å²) in [4.78, 5) is 7.09. The Morgan fingerprint density at radius 3 is 2.37 bits per heavy atom. The van der Waals surface area contributed by atoms with E-state index >= 15 is 0 Å². The molecular weight excluding hydrogens is 392 g/mol. The maximum atomic E-state index is 5.97.